The van der Waals surface area contributed by atoms with Gasteiger partial charge in [0.05, 0.1) is 27.4 Å². The maximum Gasteiger partial charge on any atom is 0.500 e. The number of unbranched alkanes of at least 4 members (excludes halogenated alkanes) is 4. The average Bonchev–Trinajstić information content (AvgIpc) is 1.62. The van der Waals surface area contributed by atoms with E-state index in [1.54, 1.807) is 95.0 Å². The third-order valence-electron chi connectivity index (χ3n) is 18.1. The highest BCUT2D eigenvalue weighted by Gasteiger charge is 2.67. The van der Waals surface area contributed by atoms with E-state index < -0.39 is 80.8 Å². The number of carbonyl (C=O) groups is 8. The van der Waals surface area contributed by atoms with Crippen LogP contribution < -0.4 is 0 Å². The number of methoxy groups -OCH3 is 2. The molecule has 0 aromatic carbocycles. The zero-order valence-electron chi connectivity index (χ0n) is 59.6. The Morgan fingerprint density at radius 2 is 0.521 bits per heavy atom. The Morgan fingerprint density at radius 3 is 0.681 bits per heavy atom. The van der Waals surface area contributed by atoms with Gasteiger partial charge < -0.3 is 72.1 Å². The van der Waals surface area contributed by atoms with E-state index in [-0.39, 0.29) is 60.0 Å². The summed E-state index contributed by atoms with van der Waals surface area (Å²) >= 11 is 0. The highest BCUT2D eigenvalue weighted by atomic mass is 28.4. The van der Waals surface area contributed by atoms with Crippen LogP contribution in [0.4, 0.5) is 0 Å². The van der Waals surface area contributed by atoms with Crippen molar-refractivity contribution in [2.45, 2.75) is 168 Å². The molecular formula is C66H116O24Si4. The van der Waals surface area contributed by atoms with Gasteiger partial charge in [0, 0.05) is 157 Å². The highest BCUT2D eigenvalue weighted by molar-refractivity contribution is 6.61. The second-order valence-electron chi connectivity index (χ2n) is 23.1. The number of esters is 4. The summed E-state index contributed by atoms with van der Waals surface area (Å²) in [6.45, 7) is 28.6. The molecule has 0 heterocycles. The summed E-state index contributed by atoms with van der Waals surface area (Å²) in [5.41, 5.74) is -3.97. The van der Waals surface area contributed by atoms with Crippen LogP contribution in [-0.2, 0) is 110 Å². The first-order chi connectivity index (χ1) is 44.8. The smallest absolute Gasteiger partial charge is 0.468 e. The van der Waals surface area contributed by atoms with E-state index in [1.165, 1.54) is 14.2 Å². The molecule has 0 amide bonds. The SMILES string of the molecule is C=CC1CC1(C(=O)CCCC[Si](OC)(OC)OC)C(=O)OC.C=CC1CC1(C(=O)CCCC[Si](OC)(OC)OC)C(=O)OCC.C=CC1CC1(C(=O)CCCC[Si](OC)(OCC)OCC)C(=O)OC.C=CC1CC1(C(=O)CCCC[Si](OC)(OCC)OCC)C(=O)OCC. The fourth-order valence-electron chi connectivity index (χ4n) is 12.1. The van der Waals surface area contributed by atoms with Gasteiger partial charge in [-0.1, -0.05) is 24.3 Å². The predicted octanol–water partition coefficient (Wildman–Crippen LogP) is 10.2. The molecule has 8 atom stereocenters. The molecule has 4 saturated carbocycles. The van der Waals surface area contributed by atoms with Gasteiger partial charge in [0.15, 0.2) is 23.1 Å². The Balaban J connectivity index is 0.000000627. The third-order valence-corrected chi connectivity index (χ3v) is 29.8. The van der Waals surface area contributed by atoms with Crippen molar-refractivity contribution in [1.29, 1.82) is 0 Å². The number of hydrogen-bond acceptors (Lipinski definition) is 24. The lowest BCUT2D eigenvalue weighted by Crippen LogP contribution is -2.44. The molecule has 4 aliphatic carbocycles. The van der Waals surface area contributed by atoms with Crippen LogP contribution >= 0.6 is 0 Å². The van der Waals surface area contributed by atoms with Crippen molar-refractivity contribution in [3.63, 3.8) is 0 Å². The van der Waals surface area contributed by atoms with Crippen molar-refractivity contribution < 1.29 is 110 Å². The van der Waals surface area contributed by atoms with Crippen LogP contribution in [0.5, 0.6) is 0 Å². The number of carbonyl (C=O) groups excluding carboxylic acids is 8. The minimum Gasteiger partial charge on any atom is -0.468 e. The number of Topliss-reactive ketones (excluding diaryl/α,β-unsaturated/α-hetero) is 4. The molecule has 0 radical (unpaired) electrons. The number of hydrogen-bond donors (Lipinski definition) is 0. The van der Waals surface area contributed by atoms with Gasteiger partial charge in [0.1, 0.15) is 21.7 Å². The first-order valence-electron chi connectivity index (χ1n) is 33.0. The normalized spacial score (nSPS) is 23.1. The Morgan fingerprint density at radius 1 is 0.319 bits per heavy atom. The molecule has 4 fully saturated rings. The lowest BCUT2D eigenvalue weighted by Gasteiger charge is -2.27. The van der Waals surface area contributed by atoms with Crippen molar-refractivity contribution >= 4 is 82.2 Å². The molecule has 0 saturated heterocycles. The van der Waals surface area contributed by atoms with E-state index in [0.717, 1.165) is 25.7 Å². The molecule has 4 rings (SSSR count). The molecule has 540 valence electrons. The Labute approximate surface area is 565 Å². The van der Waals surface area contributed by atoms with Gasteiger partial charge in [-0.15, -0.1) is 26.3 Å². The minimum absolute atomic E-state index is 0.0478. The standard InChI is InChI=1S/C18H32O6Si.C17H30O6Si.C16H28O6Si.C15H26O6Si/c1-6-15-14-18(15,17(20)22-7-2)16(19)12-10-11-13-25(21-5,23-8-3)24-9-4;1-6-14-13-17(14,16(19)20-4)15(18)11-9-10-12-24(21-5,22-7-2)23-8-3;1-6-13-12-16(13,15(18)22-7-2)14(17)10-8-9-11-23(19-3,20-4)21-5;1-6-12-11-15(12,14(17)18-2)13(16)9-7-8-10-22(19-3,20-4)21-5/h6,15H,1,7-14H2,2-5H3;6,14H,1,7-13H2,2-5H3;6,13H,1,7-12H2,2-5H3;6,12H,1,7-11H2,2-5H3. The molecule has 0 bridgehead atoms. The summed E-state index contributed by atoms with van der Waals surface area (Å²) in [7, 11) is 4.78. The van der Waals surface area contributed by atoms with E-state index in [1.807, 2.05) is 27.7 Å². The Bertz CT molecular complexity index is 2390. The summed E-state index contributed by atoms with van der Waals surface area (Å²) < 4.78 is 85.8. The van der Waals surface area contributed by atoms with Crippen LogP contribution in [0.2, 0.25) is 24.2 Å². The molecule has 0 aromatic heterocycles. The molecule has 4 aliphatic rings. The van der Waals surface area contributed by atoms with Gasteiger partial charge in [-0.25, -0.2) is 0 Å². The quantitative estimate of drug-likeness (QED) is 0.0137. The lowest BCUT2D eigenvalue weighted by molar-refractivity contribution is -0.155. The van der Waals surface area contributed by atoms with Crippen LogP contribution in [-0.4, -0.2) is 193 Å². The molecular weight excluding hydrogens is 1290 g/mol. The molecule has 0 aromatic rings. The summed E-state index contributed by atoms with van der Waals surface area (Å²) in [5, 5.41) is 0. The summed E-state index contributed by atoms with van der Waals surface area (Å²) in [6, 6.07) is 2.60. The summed E-state index contributed by atoms with van der Waals surface area (Å²) in [4.78, 5) is 98.2. The molecule has 28 heteroatoms. The van der Waals surface area contributed by atoms with Crippen LogP contribution in [0.1, 0.15) is 144 Å². The monoisotopic (exact) mass is 1400 g/mol. The van der Waals surface area contributed by atoms with E-state index in [0.29, 0.717) is 128 Å². The minimum atomic E-state index is -2.65. The van der Waals surface area contributed by atoms with Gasteiger partial charge in [-0.05, 0) is 119 Å². The molecule has 94 heavy (non-hydrogen) atoms. The van der Waals surface area contributed by atoms with Crippen LogP contribution in [0, 0.1) is 45.3 Å². The Kier molecular flexibility index (Phi) is 40.5. The summed E-state index contributed by atoms with van der Waals surface area (Å²) in [5.74, 6) is -2.33. The fourth-order valence-corrected chi connectivity index (χ4v) is 20.4. The second kappa shape index (κ2) is 43.3. The van der Waals surface area contributed by atoms with Crippen molar-refractivity contribution in [3.8, 4) is 0 Å². The Hall–Kier alpha value is -4.09. The number of ether oxygens (including phenoxy) is 4. The van der Waals surface area contributed by atoms with Gasteiger partial charge in [-0.2, -0.15) is 0 Å². The number of rotatable bonds is 50. The predicted molar refractivity (Wildman–Crippen MR) is 360 cm³/mol. The summed E-state index contributed by atoms with van der Waals surface area (Å²) in [6.07, 6.45) is 15.7. The van der Waals surface area contributed by atoms with Gasteiger partial charge in [-0.3, -0.25) is 38.4 Å². The van der Waals surface area contributed by atoms with Crippen LogP contribution in [0.25, 0.3) is 0 Å². The van der Waals surface area contributed by atoms with E-state index in [2.05, 4.69) is 26.3 Å². The van der Waals surface area contributed by atoms with Gasteiger partial charge >= 0.3 is 59.1 Å². The molecule has 0 aliphatic heterocycles. The van der Waals surface area contributed by atoms with E-state index >= 15 is 0 Å². The zero-order valence-corrected chi connectivity index (χ0v) is 63.6. The zero-order chi connectivity index (χ0) is 71.5. The van der Waals surface area contributed by atoms with Crippen molar-refractivity contribution in [3.05, 3.63) is 50.6 Å². The topological polar surface area (TPSA) is 284 Å². The number of ketones is 4. The lowest BCUT2D eigenvalue weighted by atomic mass is 9.94. The molecule has 0 N–H and O–H groups in total. The van der Waals surface area contributed by atoms with Gasteiger partial charge in [0.25, 0.3) is 0 Å². The average molecular weight is 1410 g/mol. The third kappa shape index (κ3) is 23.0. The first-order valence-corrected chi connectivity index (χ1v) is 40.7. The van der Waals surface area contributed by atoms with Gasteiger partial charge in [0.2, 0.25) is 0 Å². The number of allylic oxidation sites excluding steroid dienone is 4. The molecule has 8 unspecified atom stereocenters. The largest absolute Gasteiger partial charge is 0.500 e. The highest BCUT2D eigenvalue weighted by Crippen LogP contribution is 2.58. The first kappa shape index (κ1) is 87.9. The molecule has 0 spiro atoms. The maximum absolute atomic E-state index is 12.6. The van der Waals surface area contributed by atoms with E-state index in [9.17, 15) is 38.4 Å². The van der Waals surface area contributed by atoms with E-state index in [4.69, 9.17) is 72.1 Å². The van der Waals surface area contributed by atoms with Crippen molar-refractivity contribution in [2.75, 3.05) is 111 Å². The molecule has 24 nitrogen and oxygen atoms in total. The van der Waals surface area contributed by atoms with Crippen molar-refractivity contribution in [2.24, 2.45) is 45.3 Å². The second-order valence-corrected chi connectivity index (χ2v) is 35.0. The van der Waals surface area contributed by atoms with Crippen molar-refractivity contribution in [1.82, 2.24) is 0 Å². The van der Waals surface area contributed by atoms with Crippen LogP contribution in [0.15, 0.2) is 50.6 Å². The fraction of sp³-hybridized carbons (Fsp3) is 0.758. The maximum atomic E-state index is 12.6. The van der Waals surface area contributed by atoms with Crippen LogP contribution in [0.3, 0.4) is 0 Å².